The standard InChI is InChI=1S/C40H50N8O3/c1-27-6-5-7-33(39(27)51-4)34-10-8-29(23-41-34)24-44-16-14-30(15-17-44)47-25-32(26-47)46-20-18-45(19-21-46)31-9-11-36-37(22-31)43(3)40(50)48(36)35-12-13-38(49)42-28(35)2/h5-11,22-23,30,32,35H,2,12-21,24-26H2,1,3-4H3,(H,42,49). The second kappa shape index (κ2) is 13.9. The van der Waals surface area contributed by atoms with Crippen LogP contribution in [0.5, 0.6) is 5.75 Å². The molecule has 51 heavy (non-hydrogen) atoms. The lowest BCUT2D eigenvalue weighted by molar-refractivity contribution is -0.121. The van der Waals surface area contributed by atoms with E-state index in [0.29, 0.717) is 30.6 Å². The molecule has 0 bridgehead atoms. The van der Waals surface area contributed by atoms with E-state index in [9.17, 15) is 9.59 Å². The molecule has 8 rings (SSSR count). The van der Waals surface area contributed by atoms with Crippen LogP contribution in [0.4, 0.5) is 5.69 Å². The molecule has 4 aromatic rings. The number of allylic oxidation sites excluding steroid dienone is 1. The van der Waals surface area contributed by atoms with E-state index in [0.717, 1.165) is 85.1 Å². The molecule has 4 aliphatic rings. The van der Waals surface area contributed by atoms with Crippen LogP contribution in [0.1, 0.15) is 42.9 Å². The number of carbonyl (C=O) groups is 1. The summed E-state index contributed by atoms with van der Waals surface area (Å²) in [5, 5.41) is 2.83. The van der Waals surface area contributed by atoms with Crippen LogP contribution in [0.25, 0.3) is 22.3 Å². The number of aromatic nitrogens is 3. The quantitative estimate of drug-likeness (QED) is 0.295. The molecule has 0 aliphatic carbocycles. The van der Waals surface area contributed by atoms with Gasteiger partial charge in [-0.3, -0.25) is 33.6 Å². The van der Waals surface area contributed by atoms with Crippen LogP contribution in [-0.2, 0) is 18.4 Å². The van der Waals surface area contributed by atoms with Crippen molar-refractivity contribution in [2.24, 2.45) is 7.05 Å². The van der Waals surface area contributed by atoms with E-state index in [1.807, 2.05) is 13.2 Å². The van der Waals surface area contributed by atoms with Gasteiger partial charge in [0.1, 0.15) is 5.75 Å². The molecule has 0 spiro atoms. The minimum atomic E-state index is -0.223. The Morgan fingerprint density at radius 3 is 2.39 bits per heavy atom. The van der Waals surface area contributed by atoms with E-state index in [-0.39, 0.29) is 17.6 Å². The van der Waals surface area contributed by atoms with Gasteiger partial charge >= 0.3 is 5.69 Å². The predicted molar refractivity (Wildman–Crippen MR) is 201 cm³/mol. The number of likely N-dealkylation sites (tertiary alicyclic amines) is 2. The number of anilines is 1. The molecule has 4 saturated heterocycles. The molecule has 6 heterocycles. The van der Waals surface area contributed by atoms with E-state index < -0.39 is 0 Å². The van der Waals surface area contributed by atoms with Gasteiger partial charge in [-0.1, -0.05) is 24.8 Å². The summed E-state index contributed by atoms with van der Waals surface area (Å²) in [4.78, 5) is 40.4. The number of methoxy groups -OCH3 is 1. The average molecular weight is 691 g/mol. The number of rotatable bonds is 8. The predicted octanol–water partition coefficient (Wildman–Crippen LogP) is 4.15. The third-order valence-corrected chi connectivity index (χ3v) is 11.8. The number of piperazine rings is 1. The topological polar surface area (TPSA) is 91.1 Å². The van der Waals surface area contributed by atoms with Crippen molar-refractivity contribution in [2.75, 3.05) is 64.4 Å². The summed E-state index contributed by atoms with van der Waals surface area (Å²) in [7, 11) is 3.56. The van der Waals surface area contributed by atoms with E-state index in [1.165, 1.54) is 31.5 Å². The van der Waals surface area contributed by atoms with E-state index >= 15 is 0 Å². The van der Waals surface area contributed by atoms with Gasteiger partial charge in [-0.15, -0.1) is 0 Å². The zero-order valence-corrected chi connectivity index (χ0v) is 30.2. The Morgan fingerprint density at radius 2 is 1.69 bits per heavy atom. The fourth-order valence-electron chi connectivity index (χ4n) is 8.77. The normalized spacial score (nSPS) is 21.6. The molecule has 1 unspecified atom stereocenters. The van der Waals surface area contributed by atoms with E-state index in [4.69, 9.17) is 9.72 Å². The zero-order valence-electron chi connectivity index (χ0n) is 30.2. The van der Waals surface area contributed by atoms with Crippen LogP contribution < -0.4 is 20.6 Å². The highest BCUT2D eigenvalue weighted by molar-refractivity contribution is 5.82. The Kier molecular flexibility index (Phi) is 9.20. The van der Waals surface area contributed by atoms with Gasteiger partial charge in [-0.05, 0) is 80.7 Å². The number of aryl methyl sites for hydroxylation is 2. The van der Waals surface area contributed by atoms with Gasteiger partial charge < -0.3 is 15.0 Å². The SMILES string of the molecule is C=C1NC(=O)CCC1n1c(=O)n(C)c2cc(N3CCN(C4CN(C5CCN(Cc6ccc(-c7cccc(C)c7OC)nc6)CC5)C4)CC3)ccc21. The second-order valence-electron chi connectivity index (χ2n) is 14.9. The summed E-state index contributed by atoms with van der Waals surface area (Å²) in [6.45, 7) is 15.7. The number of ether oxygens (including phenoxy) is 1. The Balaban J connectivity index is 0.801. The van der Waals surface area contributed by atoms with Crippen molar-refractivity contribution >= 4 is 22.6 Å². The number of carbonyl (C=O) groups excluding carboxylic acids is 1. The molecule has 0 radical (unpaired) electrons. The Morgan fingerprint density at radius 1 is 0.902 bits per heavy atom. The number of fused-ring (bicyclic) bond motifs is 1. The van der Waals surface area contributed by atoms with Gasteiger partial charge in [0, 0.05) is 94.5 Å². The Labute approximate surface area is 300 Å². The number of nitrogens with zero attached hydrogens (tertiary/aromatic N) is 7. The van der Waals surface area contributed by atoms with Crippen LogP contribution >= 0.6 is 0 Å². The van der Waals surface area contributed by atoms with Crippen molar-refractivity contribution in [1.29, 1.82) is 0 Å². The van der Waals surface area contributed by atoms with Crippen molar-refractivity contribution in [3.8, 4) is 17.0 Å². The molecule has 11 nitrogen and oxygen atoms in total. The van der Waals surface area contributed by atoms with Gasteiger partial charge in [0.05, 0.1) is 29.9 Å². The Bertz CT molecular complexity index is 1980. The first-order chi connectivity index (χ1) is 24.8. The van der Waals surface area contributed by atoms with Gasteiger partial charge in [0.25, 0.3) is 0 Å². The number of pyridine rings is 1. The summed E-state index contributed by atoms with van der Waals surface area (Å²) in [6.07, 6.45) is 5.46. The first kappa shape index (κ1) is 33.7. The van der Waals surface area contributed by atoms with Crippen LogP contribution in [0.3, 0.4) is 0 Å². The summed E-state index contributed by atoms with van der Waals surface area (Å²) in [5.74, 6) is 0.863. The Hall–Kier alpha value is -4.45. The number of hydrogen-bond acceptors (Lipinski definition) is 8. The van der Waals surface area contributed by atoms with Gasteiger partial charge in [-0.25, -0.2) is 4.79 Å². The summed E-state index contributed by atoms with van der Waals surface area (Å²) in [6, 6.07) is 18.0. The molecule has 268 valence electrons. The minimum absolute atomic E-state index is 0.0330. The molecular weight excluding hydrogens is 640 g/mol. The maximum absolute atomic E-state index is 13.3. The lowest BCUT2D eigenvalue weighted by atomic mass is 9.96. The van der Waals surface area contributed by atoms with Crippen molar-refractivity contribution in [1.82, 2.24) is 34.1 Å². The summed E-state index contributed by atoms with van der Waals surface area (Å²) in [5.41, 5.74) is 7.86. The number of hydrogen-bond donors (Lipinski definition) is 1. The number of nitrogens with one attached hydrogen (secondary N) is 1. The molecule has 1 N–H and O–H groups in total. The number of imidazole rings is 1. The maximum atomic E-state index is 13.3. The van der Waals surface area contributed by atoms with Gasteiger partial charge in [0.15, 0.2) is 0 Å². The highest BCUT2D eigenvalue weighted by Crippen LogP contribution is 2.33. The van der Waals surface area contributed by atoms with E-state index in [2.05, 4.69) is 87.0 Å². The van der Waals surface area contributed by atoms with Gasteiger partial charge in [-0.2, -0.15) is 0 Å². The molecular formula is C40H50N8O3. The largest absolute Gasteiger partial charge is 0.496 e. The molecule has 2 aromatic heterocycles. The summed E-state index contributed by atoms with van der Waals surface area (Å²) >= 11 is 0. The smallest absolute Gasteiger partial charge is 0.329 e. The molecule has 0 saturated carbocycles. The van der Waals surface area contributed by atoms with Crippen molar-refractivity contribution in [2.45, 2.75) is 57.3 Å². The molecule has 1 atom stereocenters. The lowest BCUT2D eigenvalue weighted by Gasteiger charge is -2.52. The third-order valence-electron chi connectivity index (χ3n) is 11.8. The molecule has 2 aromatic carbocycles. The van der Waals surface area contributed by atoms with Crippen molar-refractivity contribution < 1.29 is 9.53 Å². The maximum Gasteiger partial charge on any atom is 0.329 e. The average Bonchev–Trinajstić information content (AvgIpc) is 3.37. The minimum Gasteiger partial charge on any atom is -0.496 e. The monoisotopic (exact) mass is 690 g/mol. The van der Waals surface area contributed by atoms with Crippen molar-refractivity contribution in [3.05, 3.63) is 88.6 Å². The number of piperidine rings is 2. The van der Waals surface area contributed by atoms with Gasteiger partial charge in [0.2, 0.25) is 5.91 Å². The first-order valence-electron chi connectivity index (χ1n) is 18.5. The highest BCUT2D eigenvalue weighted by atomic mass is 16.5. The lowest BCUT2D eigenvalue weighted by Crippen LogP contribution is -2.65. The second-order valence-corrected chi connectivity index (χ2v) is 14.9. The van der Waals surface area contributed by atoms with Crippen LogP contribution in [0, 0.1) is 6.92 Å². The number of para-hydroxylation sites is 1. The fourth-order valence-corrected chi connectivity index (χ4v) is 8.77. The number of benzene rings is 2. The van der Waals surface area contributed by atoms with Crippen LogP contribution in [-0.4, -0.2) is 106 Å². The highest BCUT2D eigenvalue weighted by Gasteiger charge is 2.38. The van der Waals surface area contributed by atoms with Crippen LogP contribution in [0.2, 0.25) is 0 Å². The zero-order chi connectivity index (χ0) is 35.2. The summed E-state index contributed by atoms with van der Waals surface area (Å²) < 4.78 is 9.17. The molecule has 1 amide bonds. The third kappa shape index (κ3) is 6.47. The number of amides is 1. The van der Waals surface area contributed by atoms with E-state index in [1.54, 1.807) is 16.2 Å². The molecule has 4 aliphatic heterocycles. The van der Waals surface area contributed by atoms with Crippen molar-refractivity contribution in [3.63, 3.8) is 0 Å². The molecule has 4 fully saturated rings. The first-order valence-corrected chi connectivity index (χ1v) is 18.5. The molecule has 11 heteroatoms. The fraction of sp³-hybridized carbons (Fsp3) is 0.475. The van der Waals surface area contributed by atoms with Crippen LogP contribution in [0.15, 0.2) is 71.8 Å².